The lowest BCUT2D eigenvalue weighted by atomic mass is 9.98. The summed E-state index contributed by atoms with van der Waals surface area (Å²) in [5, 5.41) is 3.43. The minimum atomic E-state index is -0.437. The van der Waals surface area contributed by atoms with Gasteiger partial charge in [0.05, 0.1) is 0 Å². The van der Waals surface area contributed by atoms with Crippen LogP contribution in [0.1, 0.15) is 38.5 Å². The normalized spacial score (nSPS) is 19.3. The molecular weight excluding hydrogens is 322 g/mol. The number of ether oxygens (including phenoxy) is 1. The minimum absolute atomic E-state index is 0.202. The molecule has 0 aromatic carbocycles. The highest BCUT2D eigenvalue weighted by Gasteiger charge is 2.27. The number of likely N-dealkylation sites (tertiary alicyclic amines) is 1. The van der Waals surface area contributed by atoms with E-state index in [1.54, 1.807) is 6.20 Å². The Labute approximate surface area is 141 Å². The zero-order valence-electron chi connectivity index (χ0n) is 13.4. The highest BCUT2D eigenvalue weighted by molar-refractivity contribution is 7.15. The number of nitrogens with zero attached hydrogens (tertiary/aromatic N) is 2. The third-order valence-electron chi connectivity index (χ3n) is 3.43. The summed E-state index contributed by atoms with van der Waals surface area (Å²) in [7, 11) is 0. The second-order valence-electron chi connectivity index (χ2n) is 6.65. The second-order valence-corrected chi connectivity index (χ2v) is 8.34. The van der Waals surface area contributed by atoms with Crippen LogP contribution in [0.5, 0.6) is 0 Å². The first-order valence-electron chi connectivity index (χ1n) is 7.62. The molecule has 0 spiro atoms. The van der Waals surface area contributed by atoms with Crippen LogP contribution in [-0.4, -0.2) is 41.2 Å². The third kappa shape index (κ3) is 5.74. The van der Waals surface area contributed by atoms with Crippen molar-refractivity contribution in [3.8, 4) is 0 Å². The number of piperidine rings is 1. The molecule has 1 N–H and O–H groups in total. The Morgan fingerprint density at radius 3 is 3.00 bits per heavy atom. The quantitative estimate of drug-likeness (QED) is 0.906. The van der Waals surface area contributed by atoms with Gasteiger partial charge in [0, 0.05) is 30.7 Å². The van der Waals surface area contributed by atoms with Crippen LogP contribution < -0.4 is 5.32 Å². The molecular formula is C15H24ClN3O2S. The molecule has 1 saturated heterocycles. The van der Waals surface area contributed by atoms with Crippen LogP contribution in [-0.2, 0) is 11.3 Å². The lowest BCUT2D eigenvalue weighted by Gasteiger charge is -2.34. The van der Waals surface area contributed by atoms with Crippen molar-refractivity contribution in [1.82, 2.24) is 15.2 Å². The van der Waals surface area contributed by atoms with E-state index in [0.29, 0.717) is 10.4 Å². The molecule has 0 saturated carbocycles. The second kappa shape index (κ2) is 7.62. The number of carbonyl (C=O) groups is 1. The van der Waals surface area contributed by atoms with E-state index < -0.39 is 5.60 Å². The number of hydrogen-bond acceptors (Lipinski definition) is 5. The molecule has 1 aliphatic heterocycles. The van der Waals surface area contributed by atoms with Crippen molar-refractivity contribution in [2.24, 2.45) is 5.92 Å². The molecule has 124 valence electrons. The number of rotatable bonds is 4. The number of carbonyl (C=O) groups excluding carboxylic acids is 1. The van der Waals surface area contributed by atoms with Crippen LogP contribution in [0.2, 0.25) is 4.47 Å². The SMILES string of the molecule is CC(C)(C)OC(=O)N1CCC[C@@H](CNCc2cnc(Cl)s2)C1. The van der Waals surface area contributed by atoms with Crippen molar-refractivity contribution < 1.29 is 9.53 Å². The van der Waals surface area contributed by atoms with E-state index in [1.165, 1.54) is 11.3 Å². The fourth-order valence-electron chi connectivity index (χ4n) is 2.49. The highest BCUT2D eigenvalue weighted by atomic mass is 35.5. The van der Waals surface area contributed by atoms with Crippen LogP contribution in [0.15, 0.2) is 6.20 Å². The maximum absolute atomic E-state index is 12.1. The van der Waals surface area contributed by atoms with Crippen LogP contribution >= 0.6 is 22.9 Å². The van der Waals surface area contributed by atoms with Crippen molar-refractivity contribution in [3.63, 3.8) is 0 Å². The fraction of sp³-hybridized carbons (Fsp3) is 0.733. The average Bonchev–Trinajstić information content (AvgIpc) is 2.83. The van der Waals surface area contributed by atoms with E-state index in [9.17, 15) is 4.79 Å². The van der Waals surface area contributed by atoms with Gasteiger partial charge in [-0.05, 0) is 46.1 Å². The van der Waals surface area contributed by atoms with Gasteiger partial charge in [-0.1, -0.05) is 11.6 Å². The first-order valence-corrected chi connectivity index (χ1v) is 8.82. The Kier molecular flexibility index (Phi) is 6.06. The molecule has 2 heterocycles. The van der Waals surface area contributed by atoms with Crippen molar-refractivity contribution in [1.29, 1.82) is 0 Å². The topological polar surface area (TPSA) is 54.5 Å². The monoisotopic (exact) mass is 345 g/mol. The van der Waals surface area contributed by atoms with E-state index in [-0.39, 0.29) is 6.09 Å². The number of halogens is 1. The van der Waals surface area contributed by atoms with E-state index in [1.807, 2.05) is 25.7 Å². The van der Waals surface area contributed by atoms with E-state index >= 15 is 0 Å². The Hall–Kier alpha value is -0.850. The van der Waals surface area contributed by atoms with Crippen LogP contribution in [0.25, 0.3) is 0 Å². The average molecular weight is 346 g/mol. The van der Waals surface area contributed by atoms with Gasteiger partial charge in [-0.3, -0.25) is 0 Å². The first kappa shape index (κ1) is 17.5. The first-order chi connectivity index (χ1) is 10.3. The number of aromatic nitrogens is 1. The smallest absolute Gasteiger partial charge is 0.410 e. The molecule has 0 radical (unpaired) electrons. The molecule has 0 unspecified atom stereocenters. The molecule has 5 nitrogen and oxygen atoms in total. The largest absolute Gasteiger partial charge is 0.444 e. The van der Waals surface area contributed by atoms with E-state index in [4.69, 9.17) is 16.3 Å². The number of hydrogen-bond donors (Lipinski definition) is 1. The maximum Gasteiger partial charge on any atom is 0.410 e. The Morgan fingerprint density at radius 2 is 2.36 bits per heavy atom. The summed E-state index contributed by atoms with van der Waals surface area (Å²) in [5.74, 6) is 0.463. The Morgan fingerprint density at radius 1 is 1.59 bits per heavy atom. The van der Waals surface area contributed by atoms with Crippen molar-refractivity contribution >= 4 is 29.0 Å². The molecule has 1 aliphatic rings. The van der Waals surface area contributed by atoms with Gasteiger partial charge in [-0.25, -0.2) is 9.78 Å². The predicted octanol–water partition coefficient (Wildman–Crippen LogP) is 3.53. The highest BCUT2D eigenvalue weighted by Crippen LogP contribution is 2.20. The fourth-order valence-corrected chi connectivity index (χ4v) is 3.44. The van der Waals surface area contributed by atoms with Gasteiger partial charge >= 0.3 is 6.09 Å². The minimum Gasteiger partial charge on any atom is -0.444 e. The van der Waals surface area contributed by atoms with Gasteiger partial charge in [-0.2, -0.15) is 0 Å². The molecule has 22 heavy (non-hydrogen) atoms. The molecule has 1 aromatic heterocycles. The molecule has 1 amide bonds. The van der Waals surface area contributed by atoms with Crippen molar-refractivity contribution in [2.75, 3.05) is 19.6 Å². The lowest BCUT2D eigenvalue weighted by molar-refractivity contribution is 0.0166. The predicted molar refractivity (Wildman–Crippen MR) is 89.4 cm³/mol. The van der Waals surface area contributed by atoms with Crippen LogP contribution in [0.3, 0.4) is 0 Å². The summed E-state index contributed by atoms with van der Waals surface area (Å²) in [6.07, 6.45) is 3.76. The zero-order valence-corrected chi connectivity index (χ0v) is 15.0. The van der Waals surface area contributed by atoms with Gasteiger partial charge in [0.15, 0.2) is 4.47 Å². The molecule has 2 rings (SSSR count). The summed E-state index contributed by atoms with van der Waals surface area (Å²) < 4.78 is 6.02. The summed E-state index contributed by atoms with van der Waals surface area (Å²) >= 11 is 7.31. The van der Waals surface area contributed by atoms with Gasteiger partial charge in [0.25, 0.3) is 0 Å². The molecule has 1 atom stereocenters. The van der Waals surface area contributed by atoms with Gasteiger partial charge in [0.2, 0.25) is 0 Å². The molecule has 0 aliphatic carbocycles. The molecule has 1 aromatic rings. The van der Waals surface area contributed by atoms with Crippen molar-refractivity contribution in [2.45, 2.75) is 45.8 Å². The Bertz CT molecular complexity index is 501. The number of amides is 1. The Balaban J connectivity index is 1.74. The molecule has 7 heteroatoms. The van der Waals surface area contributed by atoms with Gasteiger partial charge in [-0.15, -0.1) is 11.3 Å². The zero-order chi connectivity index (χ0) is 16.2. The van der Waals surface area contributed by atoms with Gasteiger partial charge < -0.3 is 15.0 Å². The van der Waals surface area contributed by atoms with E-state index in [2.05, 4.69) is 10.3 Å². The number of nitrogens with one attached hydrogen (secondary N) is 1. The lowest BCUT2D eigenvalue weighted by Crippen LogP contribution is -2.44. The standard InChI is InChI=1S/C15H24ClN3O2S/c1-15(2,3)21-14(20)19-6-4-5-11(10-19)7-17-8-12-9-18-13(16)22-12/h9,11,17H,4-8,10H2,1-3H3/t11-/m0/s1. The summed E-state index contributed by atoms with van der Waals surface area (Å²) in [6, 6.07) is 0. The maximum atomic E-state index is 12.1. The van der Waals surface area contributed by atoms with Crippen LogP contribution in [0.4, 0.5) is 4.79 Å². The third-order valence-corrected chi connectivity index (χ3v) is 4.54. The summed E-state index contributed by atoms with van der Waals surface area (Å²) in [6.45, 7) is 8.89. The van der Waals surface area contributed by atoms with Gasteiger partial charge in [0.1, 0.15) is 5.60 Å². The summed E-state index contributed by atoms with van der Waals surface area (Å²) in [4.78, 5) is 19.1. The number of thiazole rings is 1. The molecule has 0 bridgehead atoms. The van der Waals surface area contributed by atoms with Crippen molar-refractivity contribution in [3.05, 3.63) is 15.5 Å². The van der Waals surface area contributed by atoms with Crippen LogP contribution in [0, 0.1) is 5.92 Å². The molecule has 1 fully saturated rings. The van der Waals surface area contributed by atoms with E-state index in [0.717, 1.165) is 43.9 Å². The summed E-state index contributed by atoms with van der Waals surface area (Å²) in [5.41, 5.74) is -0.437.